The van der Waals surface area contributed by atoms with Crippen LogP contribution >= 0.6 is 15.9 Å². The van der Waals surface area contributed by atoms with Crippen molar-refractivity contribution in [1.29, 1.82) is 0 Å². The van der Waals surface area contributed by atoms with Gasteiger partial charge >= 0.3 is 0 Å². The molecule has 0 aliphatic carbocycles. The van der Waals surface area contributed by atoms with Crippen molar-refractivity contribution in [2.75, 3.05) is 11.9 Å². The van der Waals surface area contributed by atoms with Crippen LogP contribution in [0.3, 0.4) is 0 Å². The second kappa shape index (κ2) is 15.5. The molecule has 3 heteroatoms. The van der Waals surface area contributed by atoms with Crippen molar-refractivity contribution in [3.8, 4) is 0 Å². The van der Waals surface area contributed by atoms with Crippen molar-refractivity contribution in [3.63, 3.8) is 0 Å². The zero-order valence-electron chi connectivity index (χ0n) is 17.3. The van der Waals surface area contributed by atoms with E-state index in [1.54, 1.807) is 0 Å². The second-order valence-electron chi connectivity index (χ2n) is 7.43. The molecule has 1 aromatic rings. The molecule has 0 radical (unpaired) electrons. The molecule has 0 aromatic heterocycles. The van der Waals surface area contributed by atoms with Crippen LogP contribution in [0.25, 0.3) is 0 Å². The SMILES string of the molecule is CCCCCCCCCC(Nc1ccc(Br)cc1C)OCCCCCC. The average molecular weight is 426 g/mol. The summed E-state index contributed by atoms with van der Waals surface area (Å²) in [7, 11) is 0. The fraction of sp³-hybridized carbons (Fsp3) is 0.739. The minimum absolute atomic E-state index is 0.132. The third-order valence-electron chi connectivity index (χ3n) is 4.89. The summed E-state index contributed by atoms with van der Waals surface area (Å²) >= 11 is 3.55. The summed E-state index contributed by atoms with van der Waals surface area (Å²) in [6.45, 7) is 7.54. The molecule has 1 aromatic carbocycles. The molecular formula is C23H40BrNO. The van der Waals surface area contributed by atoms with Gasteiger partial charge in [-0.15, -0.1) is 0 Å². The molecule has 0 saturated heterocycles. The van der Waals surface area contributed by atoms with Gasteiger partial charge in [-0.25, -0.2) is 0 Å². The fourth-order valence-electron chi connectivity index (χ4n) is 3.20. The van der Waals surface area contributed by atoms with Gasteiger partial charge in [0.25, 0.3) is 0 Å². The van der Waals surface area contributed by atoms with Gasteiger partial charge in [-0.1, -0.05) is 87.6 Å². The lowest BCUT2D eigenvalue weighted by molar-refractivity contribution is 0.0617. The van der Waals surface area contributed by atoms with Crippen molar-refractivity contribution >= 4 is 21.6 Å². The summed E-state index contributed by atoms with van der Waals surface area (Å²) in [4.78, 5) is 0. The third-order valence-corrected chi connectivity index (χ3v) is 5.38. The Bertz CT molecular complexity index is 464. The lowest BCUT2D eigenvalue weighted by Gasteiger charge is -2.22. The summed E-state index contributed by atoms with van der Waals surface area (Å²) in [5.41, 5.74) is 2.45. The van der Waals surface area contributed by atoms with E-state index >= 15 is 0 Å². The highest BCUT2D eigenvalue weighted by molar-refractivity contribution is 9.10. The summed E-state index contributed by atoms with van der Waals surface area (Å²) in [6.07, 6.45) is 15.7. The number of rotatable bonds is 16. The fourth-order valence-corrected chi connectivity index (χ4v) is 3.68. The van der Waals surface area contributed by atoms with Gasteiger partial charge in [0, 0.05) is 16.8 Å². The van der Waals surface area contributed by atoms with E-state index in [1.807, 2.05) is 0 Å². The van der Waals surface area contributed by atoms with Gasteiger partial charge in [-0.05, 0) is 49.9 Å². The normalized spacial score (nSPS) is 12.3. The molecule has 1 N–H and O–H groups in total. The monoisotopic (exact) mass is 425 g/mol. The average Bonchev–Trinajstić information content (AvgIpc) is 2.62. The molecule has 150 valence electrons. The zero-order chi connectivity index (χ0) is 19.0. The van der Waals surface area contributed by atoms with Crippen LogP contribution in [0.4, 0.5) is 5.69 Å². The van der Waals surface area contributed by atoms with Crippen LogP contribution < -0.4 is 5.32 Å². The molecule has 2 nitrogen and oxygen atoms in total. The Labute approximate surface area is 170 Å². The van der Waals surface area contributed by atoms with Crippen LogP contribution in [0.15, 0.2) is 22.7 Å². The van der Waals surface area contributed by atoms with Crippen molar-refractivity contribution < 1.29 is 4.74 Å². The van der Waals surface area contributed by atoms with Gasteiger partial charge in [0.15, 0.2) is 0 Å². The van der Waals surface area contributed by atoms with E-state index in [1.165, 1.54) is 81.9 Å². The van der Waals surface area contributed by atoms with Gasteiger partial charge < -0.3 is 10.1 Å². The maximum atomic E-state index is 6.20. The molecule has 0 amide bonds. The summed E-state index contributed by atoms with van der Waals surface area (Å²) in [5, 5.41) is 3.63. The first-order valence-electron chi connectivity index (χ1n) is 10.8. The quantitative estimate of drug-likeness (QED) is 0.212. The van der Waals surface area contributed by atoms with E-state index in [4.69, 9.17) is 4.74 Å². The summed E-state index contributed by atoms with van der Waals surface area (Å²) in [5.74, 6) is 0. The Balaban J connectivity index is 2.39. The zero-order valence-corrected chi connectivity index (χ0v) is 18.9. The molecule has 0 fully saturated rings. The van der Waals surface area contributed by atoms with E-state index in [-0.39, 0.29) is 6.23 Å². The van der Waals surface area contributed by atoms with Crippen LogP contribution in [-0.2, 0) is 4.74 Å². The van der Waals surface area contributed by atoms with Gasteiger partial charge in [0.1, 0.15) is 6.23 Å². The predicted octanol–water partition coefficient (Wildman–Crippen LogP) is 8.23. The summed E-state index contributed by atoms with van der Waals surface area (Å²) < 4.78 is 7.33. The van der Waals surface area contributed by atoms with Crippen molar-refractivity contribution in [2.24, 2.45) is 0 Å². The molecular weight excluding hydrogens is 386 g/mol. The van der Waals surface area contributed by atoms with Crippen molar-refractivity contribution in [2.45, 2.75) is 104 Å². The first-order valence-corrected chi connectivity index (χ1v) is 11.6. The molecule has 1 rings (SSSR count). The van der Waals surface area contributed by atoms with Crippen LogP contribution in [0, 0.1) is 6.92 Å². The van der Waals surface area contributed by atoms with Gasteiger partial charge in [0.2, 0.25) is 0 Å². The van der Waals surface area contributed by atoms with E-state index in [9.17, 15) is 0 Å². The van der Waals surface area contributed by atoms with Crippen LogP contribution in [0.1, 0.15) is 96.5 Å². The Morgan fingerprint density at radius 2 is 1.50 bits per heavy atom. The van der Waals surface area contributed by atoms with E-state index < -0.39 is 0 Å². The van der Waals surface area contributed by atoms with Crippen molar-refractivity contribution in [1.82, 2.24) is 0 Å². The highest BCUT2D eigenvalue weighted by atomic mass is 79.9. The van der Waals surface area contributed by atoms with Crippen molar-refractivity contribution in [3.05, 3.63) is 28.2 Å². The lowest BCUT2D eigenvalue weighted by atomic mass is 10.1. The minimum atomic E-state index is 0.132. The minimum Gasteiger partial charge on any atom is -0.360 e. The molecule has 0 aliphatic rings. The molecule has 0 bridgehead atoms. The Kier molecular flexibility index (Phi) is 14.0. The number of ether oxygens (including phenoxy) is 1. The number of benzene rings is 1. The largest absolute Gasteiger partial charge is 0.360 e. The number of unbranched alkanes of at least 4 members (excludes halogenated alkanes) is 9. The third kappa shape index (κ3) is 11.2. The number of anilines is 1. The molecule has 0 spiro atoms. The maximum Gasteiger partial charge on any atom is 0.127 e. The predicted molar refractivity (Wildman–Crippen MR) is 119 cm³/mol. The van der Waals surface area contributed by atoms with Crippen LogP contribution in [0.2, 0.25) is 0 Å². The summed E-state index contributed by atoms with van der Waals surface area (Å²) in [6, 6.07) is 6.41. The van der Waals surface area contributed by atoms with E-state index in [0.717, 1.165) is 17.5 Å². The maximum absolute atomic E-state index is 6.20. The highest BCUT2D eigenvalue weighted by Crippen LogP contribution is 2.22. The number of halogens is 1. The Hall–Kier alpha value is -0.540. The number of hydrogen-bond acceptors (Lipinski definition) is 2. The molecule has 26 heavy (non-hydrogen) atoms. The number of hydrogen-bond donors (Lipinski definition) is 1. The molecule has 1 unspecified atom stereocenters. The second-order valence-corrected chi connectivity index (χ2v) is 8.35. The van der Waals surface area contributed by atoms with E-state index in [0.29, 0.717) is 0 Å². The standard InChI is InChI=1S/C23H40BrNO/c1-4-6-8-10-11-12-13-15-23(26-18-14-9-7-5-2)25-22-17-16-21(24)19-20(22)3/h16-17,19,23,25H,4-15,18H2,1-3H3. The first kappa shape index (κ1) is 23.5. The molecule has 0 aliphatic heterocycles. The van der Waals surface area contributed by atoms with Gasteiger partial charge in [-0.2, -0.15) is 0 Å². The molecule has 1 atom stereocenters. The topological polar surface area (TPSA) is 21.3 Å². The van der Waals surface area contributed by atoms with Gasteiger partial charge in [0.05, 0.1) is 0 Å². The van der Waals surface area contributed by atoms with E-state index in [2.05, 4.69) is 60.2 Å². The Morgan fingerprint density at radius 1 is 0.885 bits per heavy atom. The lowest BCUT2D eigenvalue weighted by Crippen LogP contribution is -2.24. The number of aryl methyl sites for hydroxylation is 1. The van der Waals surface area contributed by atoms with Gasteiger partial charge in [-0.3, -0.25) is 0 Å². The molecule has 0 saturated carbocycles. The Morgan fingerprint density at radius 3 is 2.15 bits per heavy atom. The number of nitrogens with one attached hydrogen (secondary N) is 1. The van der Waals surface area contributed by atoms with Crippen LogP contribution in [0.5, 0.6) is 0 Å². The first-order chi connectivity index (χ1) is 12.7. The molecule has 0 heterocycles. The smallest absolute Gasteiger partial charge is 0.127 e. The van der Waals surface area contributed by atoms with Crippen LogP contribution in [-0.4, -0.2) is 12.8 Å². The highest BCUT2D eigenvalue weighted by Gasteiger charge is 2.10.